The van der Waals surface area contributed by atoms with Crippen LogP contribution in [0.1, 0.15) is 5.56 Å². The van der Waals surface area contributed by atoms with Gasteiger partial charge in [0.2, 0.25) is 0 Å². The number of amides is 1. The lowest BCUT2D eigenvalue weighted by Crippen LogP contribution is -3.00. The number of halogens is 2. The predicted octanol–water partition coefficient (Wildman–Crippen LogP) is -2.32. The van der Waals surface area contributed by atoms with Crippen LogP contribution >= 0.6 is 11.6 Å². The normalized spacial score (nSPS) is 9.24. The molecule has 0 aliphatic heterocycles. The van der Waals surface area contributed by atoms with Gasteiger partial charge in [-0.25, -0.2) is 10.2 Å². The second-order valence-electron chi connectivity index (χ2n) is 3.20. The average molecular weight is 279 g/mol. The van der Waals surface area contributed by atoms with Crippen LogP contribution in [0.3, 0.4) is 0 Å². The second-order valence-corrected chi connectivity index (χ2v) is 3.58. The van der Waals surface area contributed by atoms with Gasteiger partial charge >= 0.3 is 6.09 Å². The largest absolute Gasteiger partial charge is 1.00 e. The quantitative estimate of drug-likeness (QED) is 0.202. The molecular formula is C11H16Cl2N2O2. The Kier molecular flexibility index (Phi) is 9.62. The van der Waals surface area contributed by atoms with E-state index in [2.05, 4.69) is 17.6 Å². The Morgan fingerprint density at radius 3 is 2.71 bits per heavy atom. The fraction of sp³-hybridized carbons (Fsp3) is 0.364. The lowest BCUT2D eigenvalue weighted by molar-refractivity contribution is -0.698. The molecular weight excluding hydrogens is 263 g/mol. The number of carbonyl (C=O) groups is 1. The number of ether oxygens (including phenoxy) is 1. The Balaban J connectivity index is 0.00000256. The summed E-state index contributed by atoms with van der Waals surface area (Å²) in [6, 6.07) is 10.1. The molecule has 0 aliphatic carbocycles. The van der Waals surface area contributed by atoms with Gasteiger partial charge in [0.15, 0.2) is 0 Å². The average Bonchev–Trinajstić information content (AvgIpc) is 2.33. The van der Waals surface area contributed by atoms with Crippen molar-refractivity contribution in [3.05, 3.63) is 35.9 Å². The number of hydrogen-bond donors (Lipinski definition) is 2. The maximum atomic E-state index is 11.0. The molecule has 0 radical (unpaired) electrons. The van der Waals surface area contributed by atoms with Gasteiger partial charge in [0.05, 0.1) is 5.88 Å². The lowest BCUT2D eigenvalue weighted by Gasteiger charge is -2.04. The molecule has 0 unspecified atom stereocenters. The topological polar surface area (TPSA) is 54.9 Å². The minimum atomic E-state index is -0.450. The van der Waals surface area contributed by atoms with Crippen molar-refractivity contribution in [2.75, 3.05) is 19.0 Å². The zero-order valence-corrected chi connectivity index (χ0v) is 10.9. The van der Waals surface area contributed by atoms with Crippen LogP contribution in [-0.2, 0) is 11.2 Å². The second kappa shape index (κ2) is 10.2. The summed E-state index contributed by atoms with van der Waals surface area (Å²) in [6.45, 7) is 1.01. The van der Waals surface area contributed by atoms with Crippen molar-refractivity contribution >= 4 is 17.7 Å². The maximum Gasteiger partial charge on any atom is 0.451 e. The van der Waals surface area contributed by atoms with Crippen molar-refractivity contribution in [2.24, 2.45) is 0 Å². The summed E-state index contributed by atoms with van der Waals surface area (Å²) in [5, 5.41) is 0. The fourth-order valence-corrected chi connectivity index (χ4v) is 1.29. The number of nitrogens with two attached hydrogens (primary N) is 1. The number of alkyl halides is 1. The smallest absolute Gasteiger partial charge is 0.451 e. The van der Waals surface area contributed by atoms with E-state index in [1.165, 1.54) is 5.56 Å². The third kappa shape index (κ3) is 7.85. The van der Waals surface area contributed by atoms with Gasteiger partial charge in [0, 0.05) is 6.42 Å². The first-order chi connectivity index (χ1) is 7.83. The van der Waals surface area contributed by atoms with E-state index in [1.54, 1.807) is 5.43 Å². The molecule has 0 aliphatic rings. The number of quaternary nitrogens is 1. The Hall–Kier alpha value is -0.970. The predicted molar refractivity (Wildman–Crippen MR) is 62.1 cm³/mol. The Morgan fingerprint density at radius 2 is 2.06 bits per heavy atom. The Morgan fingerprint density at radius 1 is 1.35 bits per heavy atom. The molecule has 0 heterocycles. The van der Waals surface area contributed by atoms with Crippen molar-refractivity contribution in [1.82, 2.24) is 5.43 Å². The molecule has 1 aromatic carbocycles. The molecule has 96 valence electrons. The summed E-state index contributed by atoms with van der Waals surface area (Å²) in [5.74, 6) is 0.317. The zero-order valence-electron chi connectivity index (χ0n) is 9.36. The first-order valence-electron chi connectivity index (χ1n) is 5.18. The summed E-state index contributed by atoms with van der Waals surface area (Å²) in [6.07, 6.45) is 0.449. The van der Waals surface area contributed by atoms with Crippen LogP contribution in [0.2, 0.25) is 0 Å². The van der Waals surface area contributed by atoms with Gasteiger partial charge in [-0.2, -0.15) is 5.43 Å². The highest BCUT2D eigenvalue weighted by Crippen LogP contribution is 1.96. The van der Waals surface area contributed by atoms with Gasteiger partial charge in [-0.05, 0) is 5.56 Å². The lowest BCUT2D eigenvalue weighted by atomic mass is 10.2. The molecule has 0 saturated carbocycles. The molecule has 1 aromatic rings. The zero-order chi connectivity index (χ0) is 11.6. The Labute approximate surface area is 112 Å². The van der Waals surface area contributed by atoms with E-state index in [0.29, 0.717) is 5.88 Å². The molecule has 17 heavy (non-hydrogen) atoms. The highest BCUT2D eigenvalue weighted by Gasteiger charge is 2.01. The van der Waals surface area contributed by atoms with E-state index in [-0.39, 0.29) is 19.0 Å². The highest BCUT2D eigenvalue weighted by molar-refractivity contribution is 6.18. The first-order valence-corrected chi connectivity index (χ1v) is 5.71. The van der Waals surface area contributed by atoms with Crippen LogP contribution in [0.15, 0.2) is 30.3 Å². The van der Waals surface area contributed by atoms with E-state index in [4.69, 9.17) is 16.3 Å². The molecule has 0 aromatic heterocycles. The van der Waals surface area contributed by atoms with Crippen LogP contribution in [-0.4, -0.2) is 25.1 Å². The van der Waals surface area contributed by atoms with Gasteiger partial charge in [0.25, 0.3) is 0 Å². The van der Waals surface area contributed by atoms with E-state index in [0.717, 1.165) is 13.0 Å². The number of rotatable bonds is 6. The van der Waals surface area contributed by atoms with Gasteiger partial charge < -0.3 is 17.1 Å². The molecule has 3 N–H and O–H groups in total. The molecule has 1 amide bonds. The standard InChI is InChI=1S/C11H15ClN2O2.ClH/c12-7-9-16-11(15)14-13-8-6-10-4-2-1-3-5-10;/h1-5,13H,6-9H2,(H,14,15);1H. The monoisotopic (exact) mass is 278 g/mol. The third-order valence-corrected chi connectivity index (χ3v) is 2.10. The minimum Gasteiger partial charge on any atom is -1.00 e. The first kappa shape index (κ1) is 16.0. The van der Waals surface area contributed by atoms with Gasteiger partial charge in [-0.15, -0.1) is 11.6 Å². The summed E-state index contributed by atoms with van der Waals surface area (Å²) < 4.78 is 4.73. The van der Waals surface area contributed by atoms with E-state index >= 15 is 0 Å². The third-order valence-electron chi connectivity index (χ3n) is 1.95. The number of nitrogens with one attached hydrogen (secondary N) is 1. The van der Waals surface area contributed by atoms with Crippen LogP contribution in [0.5, 0.6) is 0 Å². The van der Waals surface area contributed by atoms with Crippen molar-refractivity contribution in [2.45, 2.75) is 6.42 Å². The Bertz CT molecular complexity index is 310. The van der Waals surface area contributed by atoms with Crippen molar-refractivity contribution in [3.8, 4) is 0 Å². The summed E-state index contributed by atoms with van der Waals surface area (Å²) >= 11 is 5.37. The molecule has 0 saturated heterocycles. The van der Waals surface area contributed by atoms with Gasteiger partial charge in [0.1, 0.15) is 13.2 Å². The summed E-state index contributed by atoms with van der Waals surface area (Å²) in [5.41, 5.74) is 5.49. The van der Waals surface area contributed by atoms with E-state index in [9.17, 15) is 4.79 Å². The highest BCUT2D eigenvalue weighted by atomic mass is 35.5. The molecule has 0 spiro atoms. The fourth-order valence-electron chi connectivity index (χ4n) is 1.21. The van der Waals surface area contributed by atoms with Crippen LogP contribution in [0.4, 0.5) is 4.79 Å². The van der Waals surface area contributed by atoms with E-state index < -0.39 is 6.09 Å². The number of hydrogen-bond acceptors (Lipinski definition) is 2. The molecule has 0 bridgehead atoms. The SMILES string of the molecule is O=C(N[NH2+]CCc1ccccc1)OCCCl.[Cl-]. The number of benzene rings is 1. The summed E-state index contributed by atoms with van der Waals surface area (Å²) in [4.78, 5) is 11.0. The molecule has 1 rings (SSSR count). The maximum absolute atomic E-state index is 11.0. The van der Waals surface area contributed by atoms with E-state index in [1.807, 2.05) is 18.2 Å². The van der Waals surface area contributed by atoms with Crippen LogP contribution in [0, 0.1) is 0 Å². The minimum absolute atomic E-state index is 0. The molecule has 0 atom stereocenters. The van der Waals surface area contributed by atoms with Crippen molar-refractivity contribution in [3.63, 3.8) is 0 Å². The molecule has 4 nitrogen and oxygen atoms in total. The van der Waals surface area contributed by atoms with Crippen molar-refractivity contribution in [1.29, 1.82) is 0 Å². The van der Waals surface area contributed by atoms with Crippen molar-refractivity contribution < 1.29 is 27.4 Å². The van der Waals surface area contributed by atoms with Crippen LogP contribution < -0.4 is 23.3 Å². The van der Waals surface area contributed by atoms with Gasteiger partial charge in [-0.3, -0.25) is 0 Å². The van der Waals surface area contributed by atoms with Crippen LogP contribution in [0.25, 0.3) is 0 Å². The van der Waals surface area contributed by atoms with Gasteiger partial charge in [-0.1, -0.05) is 30.3 Å². The number of carbonyl (C=O) groups excluding carboxylic acids is 1. The molecule has 6 heteroatoms. The molecule has 0 fully saturated rings. The summed E-state index contributed by atoms with van der Waals surface area (Å²) in [7, 11) is 0.